The summed E-state index contributed by atoms with van der Waals surface area (Å²) in [6.07, 6.45) is 3.64. The zero-order valence-electron chi connectivity index (χ0n) is 17.9. The molecule has 1 aromatic rings. The van der Waals surface area contributed by atoms with E-state index in [1.807, 2.05) is 0 Å². The van der Waals surface area contributed by atoms with Crippen LogP contribution >= 0.6 is 0 Å². The number of nitrogens with one attached hydrogen (secondary N) is 1. The molecule has 1 rings (SSSR count). The zero-order chi connectivity index (χ0) is 23.1. The van der Waals surface area contributed by atoms with E-state index in [-0.39, 0.29) is 30.5 Å². The summed E-state index contributed by atoms with van der Waals surface area (Å²) in [5.41, 5.74) is 0. The molecule has 0 aromatic heterocycles. The number of aliphatic hydroxyl groups is 1. The van der Waals surface area contributed by atoms with Crippen LogP contribution in [0.4, 0.5) is 8.78 Å². The summed E-state index contributed by atoms with van der Waals surface area (Å²) < 4.78 is 62.9. The van der Waals surface area contributed by atoms with Crippen molar-refractivity contribution in [3.8, 4) is 5.75 Å². The summed E-state index contributed by atoms with van der Waals surface area (Å²) in [6, 6.07) is 3.55. The Morgan fingerprint density at radius 2 is 1.87 bits per heavy atom. The summed E-state index contributed by atoms with van der Waals surface area (Å²) in [4.78, 5) is 11.2. The first kappa shape index (κ1) is 27.3. The minimum Gasteiger partial charge on any atom is -0.488 e. The van der Waals surface area contributed by atoms with Crippen molar-refractivity contribution >= 4 is 16.0 Å². The van der Waals surface area contributed by atoms with Gasteiger partial charge in [-0.05, 0) is 51.2 Å². The number of aliphatic hydroxyl groups excluding tert-OH is 1. The predicted molar refractivity (Wildman–Crippen MR) is 113 cm³/mol. The highest BCUT2D eigenvalue weighted by atomic mass is 32.2. The lowest BCUT2D eigenvalue weighted by molar-refractivity contribution is -0.143. The van der Waals surface area contributed by atoms with E-state index in [1.165, 1.54) is 12.1 Å². The molecule has 1 unspecified atom stereocenters. The lowest BCUT2D eigenvalue weighted by Gasteiger charge is -2.13. The van der Waals surface area contributed by atoms with Crippen LogP contribution < -0.4 is 9.46 Å². The molecule has 0 aliphatic carbocycles. The first-order chi connectivity index (χ1) is 14.7. The van der Waals surface area contributed by atoms with Crippen molar-refractivity contribution in [3.63, 3.8) is 0 Å². The van der Waals surface area contributed by atoms with E-state index in [4.69, 9.17) is 9.47 Å². The van der Waals surface area contributed by atoms with Crippen molar-refractivity contribution in [2.45, 2.75) is 64.4 Å². The molecule has 0 radical (unpaired) electrons. The summed E-state index contributed by atoms with van der Waals surface area (Å²) in [5, 5.41) is 9.87. The summed E-state index contributed by atoms with van der Waals surface area (Å²) in [5.74, 6) is -2.66. The maximum Gasteiger partial charge on any atom is 0.305 e. The highest BCUT2D eigenvalue weighted by Crippen LogP contribution is 2.19. The first-order valence-corrected chi connectivity index (χ1v) is 12.3. The number of unbranched alkanes of at least 4 members (excludes halogenated alkanes) is 4. The molecule has 7 nitrogen and oxygen atoms in total. The van der Waals surface area contributed by atoms with Gasteiger partial charge in [0.05, 0.1) is 18.5 Å². The van der Waals surface area contributed by atoms with Gasteiger partial charge in [0.25, 0.3) is 0 Å². The van der Waals surface area contributed by atoms with E-state index >= 15 is 0 Å². The molecular weight excluding hydrogens is 432 g/mol. The smallest absolute Gasteiger partial charge is 0.305 e. The average Bonchev–Trinajstić information content (AvgIpc) is 2.72. The molecule has 0 heterocycles. The average molecular weight is 466 g/mol. The Morgan fingerprint density at radius 1 is 1.13 bits per heavy atom. The van der Waals surface area contributed by atoms with E-state index in [9.17, 15) is 27.1 Å². The maximum absolute atomic E-state index is 13.5. The number of hydrogen-bond donors (Lipinski definition) is 2. The number of carbonyl (C=O) groups is 1. The van der Waals surface area contributed by atoms with Crippen LogP contribution in [0.15, 0.2) is 18.2 Å². The molecule has 31 heavy (non-hydrogen) atoms. The molecule has 1 aromatic carbocycles. The van der Waals surface area contributed by atoms with E-state index in [2.05, 4.69) is 4.72 Å². The summed E-state index contributed by atoms with van der Waals surface area (Å²) in [7, 11) is -3.39. The van der Waals surface area contributed by atoms with Crippen molar-refractivity contribution < 1.29 is 36.6 Å². The predicted octanol–water partition coefficient (Wildman–Crippen LogP) is 3.31. The van der Waals surface area contributed by atoms with Crippen LogP contribution in [0, 0.1) is 11.6 Å². The largest absolute Gasteiger partial charge is 0.488 e. The number of hydrogen-bond acceptors (Lipinski definition) is 6. The normalized spacial score (nSPS) is 12.5. The third-order valence-corrected chi connectivity index (χ3v) is 5.95. The molecule has 0 spiro atoms. The van der Waals surface area contributed by atoms with Crippen LogP contribution in [-0.4, -0.2) is 51.1 Å². The number of sulfonamides is 1. The van der Waals surface area contributed by atoms with Crippen LogP contribution in [-0.2, 0) is 19.6 Å². The second-order valence-corrected chi connectivity index (χ2v) is 9.12. The molecule has 0 aliphatic rings. The van der Waals surface area contributed by atoms with Crippen molar-refractivity contribution in [1.29, 1.82) is 0 Å². The Hall–Kier alpha value is -1.78. The van der Waals surface area contributed by atoms with Gasteiger partial charge < -0.3 is 14.6 Å². The molecule has 10 heteroatoms. The van der Waals surface area contributed by atoms with Crippen LogP contribution in [0.2, 0.25) is 0 Å². The number of ether oxygens (including phenoxy) is 2. The molecule has 2 N–H and O–H groups in total. The van der Waals surface area contributed by atoms with Gasteiger partial charge in [0.2, 0.25) is 15.8 Å². The number of esters is 1. The van der Waals surface area contributed by atoms with Gasteiger partial charge >= 0.3 is 5.97 Å². The Bertz CT molecular complexity index is 760. The second kappa shape index (κ2) is 15.1. The standard InChI is InChI=1S/C21H33F2NO6S/c1-2-29-20(26)13-5-3-4-7-14-24-31(27,28)15-8-6-10-17(25)16-30-19-12-9-11-18(22)21(19)23/h9,11-12,17,24-25H,2-8,10,13-16H2,1H3. The van der Waals surface area contributed by atoms with Crippen molar-refractivity contribution in [2.75, 3.05) is 25.5 Å². The Kier molecular flexibility index (Phi) is 13.3. The Balaban J connectivity index is 2.08. The zero-order valence-corrected chi connectivity index (χ0v) is 18.8. The molecule has 0 fully saturated rings. The van der Waals surface area contributed by atoms with Gasteiger partial charge in [-0.25, -0.2) is 17.5 Å². The fraction of sp³-hybridized carbons (Fsp3) is 0.667. The van der Waals surface area contributed by atoms with Crippen molar-refractivity contribution in [3.05, 3.63) is 29.8 Å². The minimum atomic E-state index is -3.39. The molecular formula is C21H33F2NO6S. The monoisotopic (exact) mass is 465 g/mol. The number of carbonyl (C=O) groups excluding carboxylic acids is 1. The fourth-order valence-corrected chi connectivity index (χ4v) is 4.00. The number of rotatable bonds is 17. The van der Waals surface area contributed by atoms with Gasteiger partial charge in [-0.3, -0.25) is 4.79 Å². The van der Waals surface area contributed by atoms with Crippen LogP contribution in [0.5, 0.6) is 5.75 Å². The molecule has 1 atom stereocenters. The van der Waals surface area contributed by atoms with Gasteiger partial charge in [0.15, 0.2) is 11.6 Å². The molecule has 0 amide bonds. The number of benzene rings is 1. The molecule has 0 saturated heterocycles. The third-order valence-electron chi connectivity index (χ3n) is 4.48. The molecule has 0 saturated carbocycles. The van der Waals surface area contributed by atoms with Gasteiger partial charge in [0.1, 0.15) is 6.61 Å². The van der Waals surface area contributed by atoms with Gasteiger partial charge in [-0.2, -0.15) is 4.39 Å². The van der Waals surface area contributed by atoms with Crippen LogP contribution in [0.3, 0.4) is 0 Å². The van der Waals surface area contributed by atoms with E-state index in [1.54, 1.807) is 6.92 Å². The molecule has 178 valence electrons. The van der Waals surface area contributed by atoms with Gasteiger partial charge in [0, 0.05) is 13.0 Å². The minimum absolute atomic E-state index is 0.0536. The van der Waals surface area contributed by atoms with E-state index < -0.39 is 27.8 Å². The lowest BCUT2D eigenvalue weighted by atomic mass is 10.1. The Morgan fingerprint density at radius 3 is 2.61 bits per heavy atom. The maximum atomic E-state index is 13.5. The SMILES string of the molecule is CCOC(=O)CCCCCCNS(=O)(=O)CCCCC(O)COc1cccc(F)c1F. The lowest BCUT2D eigenvalue weighted by Crippen LogP contribution is -2.27. The second-order valence-electron chi connectivity index (χ2n) is 7.20. The Labute approximate surface area is 183 Å². The van der Waals surface area contributed by atoms with E-state index in [0.717, 1.165) is 25.3 Å². The third kappa shape index (κ3) is 12.6. The highest BCUT2D eigenvalue weighted by Gasteiger charge is 2.13. The van der Waals surface area contributed by atoms with Gasteiger partial charge in [-0.1, -0.05) is 18.9 Å². The molecule has 0 bridgehead atoms. The van der Waals surface area contributed by atoms with Crippen molar-refractivity contribution in [1.82, 2.24) is 4.72 Å². The highest BCUT2D eigenvalue weighted by molar-refractivity contribution is 7.89. The van der Waals surface area contributed by atoms with Crippen LogP contribution in [0.1, 0.15) is 58.3 Å². The van der Waals surface area contributed by atoms with Crippen molar-refractivity contribution in [2.24, 2.45) is 0 Å². The van der Waals surface area contributed by atoms with Gasteiger partial charge in [-0.15, -0.1) is 0 Å². The van der Waals surface area contributed by atoms with E-state index in [0.29, 0.717) is 38.8 Å². The fourth-order valence-electron chi connectivity index (χ4n) is 2.82. The topological polar surface area (TPSA) is 102 Å². The quantitative estimate of drug-likeness (QED) is 0.270. The summed E-state index contributed by atoms with van der Waals surface area (Å²) in [6.45, 7) is 2.28. The first-order valence-electron chi connectivity index (χ1n) is 10.6. The molecule has 0 aliphatic heterocycles. The van der Waals surface area contributed by atoms with Crippen LogP contribution in [0.25, 0.3) is 0 Å². The number of halogens is 2. The summed E-state index contributed by atoms with van der Waals surface area (Å²) >= 11 is 0.